The van der Waals surface area contributed by atoms with Crippen molar-refractivity contribution in [2.45, 2.75) is 58.8 Å². The third-order valence-electron chi connectivity index (χ3n) is 2.87. The number of carboxylic acids is 1. The Morgan fingerprint density at radius 3 is 2.27 bits per heavy atom. The molecule has 0 saturated heterocycles. The largest absolute Gasteiger partial charge is 0.481 e. The lowest BCUT2D eigenvalue weighted by Crippen LogP contribution is -1.95. The Balaban J connectivity index is 3.18. The number of unbranched alkanes of at least 4 members (excludes halogenated alkanes) is 4. The normalized spacial score (nSPS) is 12.4. The lowest BCUT2D eigenvalue weighted by atomic mass is 9.97. The van der Waals surface area contributed by atoms with E-state index >= 15 is 0 Å². The van der Waals surface area contributed by atoms with Crippen LogP contribution >= 0.6 is 0 Å². The average molecular weight is 212 g/mol. The van der Waals surface area contributed by atoms with Gasteiger partial charge in [-0.05, 0) is 25.7 Å². The number of aliphatic carboxylic acids is 1. The maximum atomic E-state index is 10.2. The molecule has 0 radical (unpaired) electrons. The summed E-state index contributed by atoms with van der Waals surface area (Å²) in [5.74, 6) is -0.0464. The summed E-state index contributed by atoms with van der Waals surface area (Å²) < 4.78 is 0. The second-order valence-electron chi connectivity index (χ2n) is 4.45. The van der Waals surface area contributed by atoms with Gasteiger partial charge in [-0.25, -0.2) is 0 Å². The molecule has 0 aliphatic carbocycles. The van der Waals surface area contributed by atoms with Crippen molar-refractivity contribution in [3.05, 3.63) is 12.2 Å². The van der Waals surface area contributed by atoms with Crippen molar-refractivity contribution in [3.8, 4) is 0 Å². The molecular formula is C13H24O2. The van der Waals surface area contributed by atoms with Gasteiger partial charge in [-0.1, -0.05) is 44.8 Å². The van der Waals surface area contributed by atoms with Crippen LogP contribution in [-0.2, 0) is 4.79 Å². The van der Waals surface area contributed by atoms with Crippen molar-refractivity contribution in [1.82, 2.24) is 0 Å². The Morgan fingerprint density at radius 1 is 1.20 bits per heavy atom. The molecule has 0 amide bonds. The van der Waals surface area contributed by atoms with Crippen LogP contribution in [0.25, 0.3) is 0 Å². The highest BCUT2D eigenvalue weighted by Gasteiger charge is 2.01. The fourth-order valence-electron chi connectivity index (χ4n) is 1.50. The topological polar surface area (TPSA) is 37.3 Å². The van der Waals surface area contributed by atoms with Crippen molar-refractivity contribution in [2.75, 3.05) is 0 Å². The van der Waals surface area contributed by atoms with Crippen molar-refractivity contribution in [2.24, 2.45) is 5.92 Å². The molecule has 15 heavy (non-hydrogen) atoms. The van der Waals surface area contributed by atoms with E-state index in [2.05, 4.69) is 20.4 Å². The fraction of sp³-hybridized carbons (Fsp3) is 0.769. The highest BCUT2D eigenvalue weighted by molar-refractivity contribution is 5.66. The lowest BCUT2D eigenvalue weighted by Gasteiger charge is -2.09. The minimum atomic E-state index is -0.675. The first kappa shape index (κ1) is 14.2. The molecule has 0 aliphatic heterocycles. The van der Waals surface area contributed by atoms with Crippen molar-refractivity contribution >= 4 is 5.97 Å². The van der Waals surface area contributed by atoms with Crippen LogP contribution in [0.3, 0.4) is 0 Å². The molecule has 0 rings (SSSR count). The van der Waals surface area contributed by atoms with E-state index in [4.69, 9.17) is 5.11 Å². The third-order valence-corrected chi connectivity index (χ3v) is 2.87. The Labute approximate surface area is 93.4 Å². The molecule has 0 fully saturated rings. The van der Waals surface area contributed by atoms with Gasteiger partial charge in [0.25, 0.3) is 0 Å². The first-order valence-corrected chi connectivity index (χ1v) is 5.91. The van der Waals surface area contributed by atoms with Gasteiger partial charge < -0.3 is 5.11 Å². The van der Waals surface area contributed by atoms with E-state index in [-0.39, 0.29) is 0 Å². The predicted molar refractivity (Wildman–Crippen MR) is 63.9 cm³/mol. The zero-order valence-electron chi connectivity index (χ0n) is 10.1. The number of hydrogen-bond donors (Lipinski definition) is 1. The summed E-state index contributed by atoms with van der Waals surface area (Å²) in [6.45, 7) is 8.23. The predicted octanol–water partition coefficient (Wildman–Crippen LogP) is 4.01. The van der Waals surface area contributed by atoms with Crippen LogP contribution in [0, 0.1) is 5.92 Å². The zero-order chi connectivity index (χ0) is 11.7. The Bertz CT molecular complexity index is 197. The second kappa shape index (κ2) is 8.51. The minimum Gasteiger partial charge on any atom is -0.481 e. The van der Waals surface area contributed by atoms with Crippen LogP contribution in [0.2, 0.25) is 0 Å². The van der Waals surface area contributed by atoms with Gasteiger partial charge in [0.05, 0.1) is 0 Å². The molecule has 0 bridgehead atoms. The lowest BCUT2D eigenvalue weighted by molar-refractivity contribution is -0.137. The molecule has 0 aromatic rings. The van der Waals surface area contributed by atoms with Gasteiger partial charge in [0, 0.05) is 6.42 Å². The molecule has 1 N–H and O–H groups in total. The monoisotopic (exact) mass is 212 g/mol. The first-order chi connectivity index (χ1) is 7.04. The smallest absolute Gasteiger partial charge is 0.303 e. The summed E-state index contributed by atoms with van der Waals surface area (Å²) in [6, 6.07) is 0. The molecule has 88 valence electrons. The molecule has 0 spiro atoms. The number of allylic oxidation sites excluding steroid dienone is 1. The fourth-order valence-corrected chi connectivity index (χ4v) is 1.50. The Hall–Kier alpha value is -0.790. The summed E-state index contributed by atoms with van der Waals surface area (Å²) in [7, 11) is 0. The molecule has 1 unspecified atom stereocenters. The Morgan fingerprint density at radius 2 is 1.73 bits per heavy atom. The first-order valence-electron chi connectivity index (χ1n) is 5.91. The second-order valence-corrected chi connectivity index (χ2v) is 4.45. The van der Waals surface area contributed by atoms with Crippen LogP contribution in [0.4, 0.5) is 0 Å². The summed E-state index contributed by atoms with van der Waals surface area (Å²) >= 11 is 0. The number of hydrogen-bond acceptors (Lipinski definition) is 1. The third kappa shape index (κ3) is 9.51. The van der Waals surface area contributed by atoms with E-state index in [0.717, 1.165) is 19.3 Å². The van der Waals surface area contributed by atoms with Crippen LogP contribution in [0.5, 0.6) is 0 Å². The minimum absolute atomic E-state index is 0.322. The maximum absolute atomic E-state index is 10.2. The SMILES string of the molecule is C=C(C)C(C)CCCCCCCC(=O)O. The molecule has 0 aliphatic rings. The standard InChI is InChI=1S/C13H24O2/c1-11(2)12(3)9-7-5-4-6-8-10-13(14)15/h12H,1,4-10H2,2-3H3,(H,14,15). The summed E-state index contributed by atoms with van der Waals surface area (Å²) in [6.07, 6.45) is 7.03. The average Bonchev–Trinajstić information content (AvgIpc) is 2.15. The van der Waals surface area contributed by atoms with Crippen molar-refractivity contribution in [1.29, 1.82) is 0 Å². The maximum Gasteiger partial charge on any atom is 0.303 e. The van der Waals surface area contributed by atoms with Gasteiger partial charge in [-0.3, -0.25) is 4.79 Å². The van der Waals surface area contributed by atoms with Gasteiger partial charge in [0.15, 0.2) is 0 Å². The van der Waals surface area contributed by atoms with Gasteiger partial charge in [-0.15, -0.1) is 0 Å². The van der Waals surface area contributed by atoms with E-state index in [0.29, 0.717) is 12.3 Å². The number of carbonyl (C=O) groups is 1. The summed E-state index contributed by atoms with van der Waals surface area (Å²) in [5, 5.41) is 8.44. The Kier molecular flexibility index (Phi) is 8.06. The van der Waals surface area contributed by atoms with E-state index in [1.54, 1.807) is 0 Å². The van der Waals surface area contributed by atoms with E-state index < -0.39 is 5.97 Å². The molecule has 1 atom stereocenters. The van der Waals surface area contributed by atoms with E-state index in [9.17, 15) is 4.79 Å². The molecule has 0 saturated carbocycles. The molecule has 2 nitrogen and oxygen atoms in total. The highest BCUT2D eigenvalue weighted by Crippen LogP contribution is 2.16. The highest BCUT2D eigenvalue weighted by atomic mass is 16.4. The molecule has 0 aromatic heterocycles. The molecular weight excluding hydrogens is 188 g/mol. The quantitative estimate of drug-likeness (QED) is 0.463. The molecule has 2 heteroatoms. The van der Waals surface area contributed by atoms with Crippen molar-refractivity contribution in [3.63, 3.8) is 0 Å². The zero-order valence-corrected chi connectivity index (χ0v) is 10.1. The number of rotatable bonds is 9. The summed E-state index contributed by atoms with van der Waals surface area (Å²) in [4.78, 5) is 10.2. The van der Waals surface area contributed by atoms with Crippen LogP contribution < -0.4 is 0 Å². The number of carboxylic acid groups (broad SMARTS) is 1. The van der Waals surface area contributed by atoms with Gasteiger partial charge in [0.1, 0.15) is 0 Å². The summed E-state index contributed by atoms with van der Waals surface area (Å²) in [5.41, 5.74) is 1.26. The van der Waals surface area contributed by atoms with Crippen LogP contribution in [-0.4, -0.2) is 11.1 Å². The van der Waals surface area contributed by atoms with Gasteiger partial charge in [0.2, 0.25) is 0 Å². The van der Waals surface area contributed by atoms with E-state index in [1.807, 2.05) is 0 Å². The molecule has 0 heterocycles. The van der Waals surface area contributed by atoms with Crippen LogP contribution in [0.15, 0.2) is 12.2 Å². The van der Waals surface area contributed by atoms with Crippen molar-refractivity contribution < 1.29 is 9.90 Å². The van der Waals surface area contributed by atoms with Crippen LogP contribution in [0.1, 0.15) is 58.8 Å². The molecule has 0 aromatic carbocycles. The van der Waals surface area contributed by atoms with E-state index in [1.165, 1.54) is 24.8 Å². The van der Waals surface area contributed by atoms with Gasteiger partial charge >= 0.3 is 5.97 Å². The van der Waals surface area contributed by atoms with Gasteiger partial charge in [-0.2, -0.15) is 0 Å².